The molecule has 1 aromatic heterocycles. The molecule has 3 rings (SSSR count). The van der Waals surface area contributed by atoms with E-state index in [1.54, 1.807) is 31.4 Å². The van der Waals surface area contributed by atoms with Crippen molar-refractivity contribution in [3.05, 3.63) is 64.7 Å². The number of hydrogen-bond acceptors (Lipinski definition) is 3. The summed E-state index contributed by atoms with van der Waals surface area (Å²) < 4.78 is 19.4. The summed E-state index contributed by atoms with van der Waals surface area (Å²) in [5, 5.41) is 7.24. The van der Waals surface area contributed by atoms with Crippen molar-refractivity contribution in [2.24, 2.45) is 4.99 Å². The molecule has 28 heavy (non-hydrogen) atoms. The number of hydrogen-bond donors (Lipinski definition) is 2. The Morgan fingerprint density at radius 2 is 2.07 bits per heavy atom. The molecule has 2 aromatic rings. The van der Waals surface area contributed by atoms with E-state index < -0.39 is 0 Å². The summed E-state index contributed by atoms with van der Waals surface area (Å²) in [5.41, 5.74) is 1.94. The minimum atomic E-state index is -0.206. The number of ether oxygens (including phenoxy) is 1. The number of rotatable bonds is 6. The van der Waals surface area contributed by atoms with Gasteiger partial charge in [0.1, 0.15) is 11.0 Å². The zero-order valence-corrected chi connectivity index (χ0v) is 16.8. The van der Waals surface area contributed by atoms with E-state index in [0.717, 1.165) is 42.9 Å². The zero-order valence-electron chi connectivity index (χ0n) is 16.0. The molecule has 0 atom stereocenters. The molecule has 0 saturated carbocycles. The Hall–Kier alpha value is -2.18. The van der Waals surface area contributed by atoms with Crippen molar-refractivity contribution in [1.29, 1.82) is 0 Å². The minimum absolute atomic E-state index is 0.169. The van der Waals surface area contributed by atoms with Gasteiger partial charge in [0.15, 0.2) is 5.96 Å². The first-order valence-electron chi connectivity index (χ1n) is 9.50. The number of halogens is 2. The van der Waals surface area contributed by atoms with Crippen molar-refractivity contribution in [1.82, 2.24) is 15.6 Å². The SMILES string of the molecule is CN=C(NCCc1ccc(Cl)nc1)NCC1(c2cccc(F)c2)CCOCC1. The summed E-state index contributed by atoms with van der Waals surface area (Å²) in [5.74, 6) is 0.520. The highest BCUT2D eigenvalue weighted by Gasteiger charge is 2.34. The molecule has 0 aliphatic carbocycles. The third kappa shape index (κ3) is 5.42. The van der Waals surface area contributed by atoms with Gasteiger partial charge in [-0.3, -0.25) is 4.99 Å². The van der Waals surface area contributed by atoms with Crippen LogP contribution in [0.15, 0.2) is 47.6 Å². The van der Waals surface area contributed by atoms with Crippen LogP contribution in [-0.2, 0) is 16.6 Å². The van der Waals surface area contributed by atoms with Crippen molar-refractivity contribution in [3.63, 3.8) is 0 Å². The summed E-state index contributed by atoms with van der Waals surface area (Å²) in [6.07, 6.45) is 4.28. The molecule has 2 heterocycles. The molecule has 150 valence electrons. The van der Waals surface area contributed by atoms with Gasteiger partial charge in [-0.2, -0.15) is 0 Å². The van der Waals surface area contributed by atoms with Crippen LogP contribution in [0.25, 0.3) is 0 Å². The van der Waals surface area contributed by atoms with Gasteiger partial charge < -0.3 is 15.4 Å². The van der Waals surface area contributed by atoms with Crippen LogP contribution >= 0.6 is 11.6 Å². The highest BCUT2D eigenvalue weighted by Crippen LogP contribution is 2.34. The molecular formula is C21H26ClFN4O. The van der Waals surface area contributed by atoms with E-state index >= 15 is 0 Å². The largest absolute Gasteiger partial charge is 0.381 e. The number of guanidine groups is 1. The molecular weight excluding hydrogens is 379 g/mol. The topological polar surface area (TPSA) is 58.5 Å². The second-order valence-corrected chi connectivity index (χ2v) is 7.38. The zero-order chi connectivity index (χ0) is 19.8. The first-order valence-corrected chi connectivity index (χ1v) is 9.88. The van der Waals surface area contributed by atoms with E-state index in [9.17, 15) is 4.39 Å². The van der Waals surface area contributed by atoms with Crippen LogP contribution in [0.4, 0.5) is 4.39 Å². The minimum Gasteiger partial charge on any atom is -0.381 e. The van der Waals surface area contributed by atoms with E-state index in [-0.39, 0.29) is 11.2 Å². The quantitative estimate of drug-likeness (QED) is 0.440. The molecule has 0 radical (unpaired) electrons. The number of aliphatic imine (C=N–C) groups is 1. The van der Waals surface area contributed by atoms with Crippen molar-refractivity contribution in [2.45, 2.75) is 24.7 Å². The summed E-state index contributed by atoms with van der Waals surface area (Å²) in [6, 6.07) is 10.6. The van der Waals surface area contributed by atoms with Gasteiger partial charge in [0, 0.05) is 45.0 Å². The molecule has 5 nitrogen and oxygen atoms in total. The number of benzene rings is 1. The Balaban J connectivity index is 1.59. The Kier molecular flexibility index (Phi) is 7.23. The fourth-order valence-corrected chi connectivity index (χ4v) is 3.61. The lowest BCUT2D eigenvalue weighted by atomic mass is 9.74. The Bertz CT molecular complexity index is 791. The van der Waals surface area contributed by atoms with E-state index in [2.05, 4.69) is 20.6 Å². The number of nitrogens with zero attached hydrogens (tertiary/aromatic N) is 2. The lowest BCUT2D eigenvalue weighted by molar-refractivity contribution is 0.0513. The van der Waals surface area contributed by atoms with Gasteiger partial charge in [-0.15, -0.1) is 0 Å². The van der Waals surface area contributed by atoms with Crippen molar-refractivity contribution in [3.8, 4) is 0 Å². The Morgan fingerprint density at radius 1 is 1.25 bits per heavy atom. The molecule has 1 aromatic carbocycles. The van der Waals surface area contributed by atoms with Gasteiger partial charge in [0.2, 0.25) is 0 Å². The van der Waals surface area contributed by atoms with Gasteiger partial charge in [-0.1, -0.05) is 29.8 Å². The number of pyridine rings is 1. The van der Waals surface area contributed by atoms with Crippen LogP contribution in [0.5, 0.6) is 0 Å². The van der Waals surface area contributed by atoms with E-state index in [1.807, 2.05) is 12.1 Å². The average molecular weight is 405 g/mol. The number of aromatic nitrogens is 1. The third-order valence-corrected chi connectivity index (χ3v) is 5.42. The monoisotopic (exact) mass is 404 g/mol. The maximum atomic E-state index is 13.8. The first kappa shape index (κ1) is 20.6. The fourth-order valence-electron chi connectivity index (χ4n) is 3.50. The lowest BCUT2D eigenvalue weighted by Gasteiger charge is -2.38. The van der Waals surface area contributed by atoms with Gasteiger partial charge >= 0.3 is 0 Å². The molecule has 1 aliphatic heterocycles. The molecule has 0 bridgehead atoms. The van der Waals surface area contributed by atoms with Crippen LogP contribution in [0.3, 0.4) is 0 Å². The fraction of sp³-hybridized carbons (Fsp3) is 0.429. The second kappa shape index (κ2) is 9.85. The van der Waals surface area contributed by atoms with E-state index in [1.165, 1.54) is 6.07 Å². The summed E-state index contributed by atoms with van der Waals surface area (Å²) >= 11 is 5.82. The molecule has 2 N–H and O–H groups in total. The van der Waals surface area contributed by atoms with Gasteiger partial charge in [-0.25, -0.2) is 9.37 Å². The molecule has 0 spiro atoms. The second-order valence-electron chi connectivity index (χ2n) is 6.99. The molecule has 1 fully saturated rings. The third-order valence-electron chi connectivity index (χ3n) is 5.20. The number of nitrogens with one attached hydrogen (secondary N) is 2. The van der Waals surface area contributed by atoms with Crippen LogP contribution in [0, 0.1) is 5.82 Å². The van der Waals surface area contributed by atoms with Crippen molar-refractivity contribution >= 4 is 17.6 Å². The van der Waals surface area contributed by atoms with E-state index in [4.69, 9.17) is 16.3 Å². The molecule has 0 amide bonds. The maximum Gasteiger partial charge on any atom is 0.191 e. The first-order chi connectivity index (χ1) is 13.6. The molecule has 1 saturated heterocycles. The van der Waals surface area contributed by atoms with Gasteiger partial charge in [0.25, 0.3) is 0 Å². The smallest absolute Gasteiger partial charge is 0.191 e. The van der Waals surface area contributed by atoms with Gasteiger partial charge in [-0.05, 0) is 48.6 Å². The Morgan fingerprint density at radius 3 is 2.75 bits per heavy atom. The predicted octanol–water partition coefficient (Wildman–Crippen LogP) is 3.33. The van der Waals surface area contributed by atoms with Crippen LogP contribution < -0.4 is 10.6 Å². The standard InChI is InChI=1S/C21H26ClFN4O/c1-24-20(25-10-7-16-5-6-19(22)26-14-16)27-15-21(8-11-28-12-9-21)17-3-2-4-18(23)13-17/h2-6,13-14H,7-12,15H2,1H3,(H2,24,25,27). The molecule has 0 unspecified atom stereocenters. The average Bonchev–Trinajstić information content (AvgIpc) is 2.72. The van der Waals surface area contributed by atoms with Crippen molar-refractivity contribution < 1.29 is 9.13 Å². The summed E-state index contributed by atoms with van der Waals surface area (Å²) in [6.45, 7) is 2.74. The van der Waals surface area contributed by atoms with Gasteiger partial charge in [0.05, 0.1) is 0 Å². The highest BCUT2D eigenvalue weighted by molar-refractivity contribution is 6.29. The normalized spacial score (nSPS) is 16.6. The predicted molar refractivity (Wildman–Crippen MR) is 110 cm³/mol. The van der Waals surface area contributed by atoms with Crippen molar-refractivity contribution in [2.75, 3.05) is 33.4 Å². The summed E-state index contributed by atoms with van der Waals surface area (Å²) in [7, 11) is 1.75. The Labute approximate surface area is 170 Å². The van der Waals surface area contributed by atoms with Crippen LogP contribution in [-0.4, -0.2) is 44.3 Å². The van der Waals surface area contributed by atoms with Crippen LogP contribution in [0.2, 0.25) is 5.15 Å². The van der Waals surface area contributed by atoms with Crippen LogP contribution in [0.1, 0.15) is 24.0 Å². The molecule has 7 heteroatoms. The molecule has 1 aliphatic rings. The lowest BCUT2D eigenvalue weighted by Crippen LogP contribution is -2.48. The summed E-state index contributed by atoms with van der Waals surface area (Å²) in [4.78, 5) is 8.41. The highest BCUT2D eigenvalue weighted by atomic mass is 35.5. The van der Waals surface area contributed by atoms with E-state index in [0.29, 0.717) is 24.9 Å². The maximum absolute atomic E-state index is 13.8.